The zero-order chi connectivity index (χ0) is 19.1. The third-order valence-electron chi connectivity index (χ3n) is 4.04. The molecule has 0 heterocycles. The average Bonchev–Trinajstić information content (AvgIpc) is 2.58. The first-order chi connectivity index (χ1) is 12.2. The first-order valence-corrected chi connectivity index (χ1v) is 9.01. The lowest BCUT2D eigenvalue weighted by Gasteiger charge is -2.11. The summed E-state index contributed by atoms with van der Waals surface area (Å²) in [5.41, 5.74) is 7.64. The molecular weight excluding hydrogens is 356 g/mol. The molecule has 0 fully saturated rings. The number of phenols is 1. The molecule has 7 nitrogen and oxygen atoms in total. The maximum absolute atomic E-state index is 12.4. The maximum Gasteiger partial charge on any atom is 0.294 e. The Hall–Kier alpha value is -3.10. The molecule has 0 spiro atoms. The number of carbonyl (C=O) groups excluding carboxylic acids is 1. The molecule has 0 saturated carbocycles. The number of hydrogen-bond donors (Lipinski definition) is 4. The number of aromatic hydroxyl groups is 1. The summed E-state index contributed by atoms with van der Waals surface area (Å²) in [7, 11) is -4.34. The lowest BCUT2D eigenvalue weighted by molar-refractivity contribution is 0.102. The summed E-state index contributed by atoms with van der Waals surface area (Å²) in [6.07, 6.45) is 0. The van der Waals surface area contributed by atoms with Crippen LogP contribution < -0.4 is 11.1 Å². The number of nitrogen functional groups attached to an aromatic ring is 1. The summed E-state index contributed by atoms with van der Waals surface area (Å²) in [5.74, 6) is -0.623. The van der Waals surface area contributed by atoms with Gasteiger partial charge in [-0.05, 0) is 60.3 Å². The van der Waals surface area contributed by atoms with Gasteiger partial charge in [0, 0.05) is 16.6 Å². The number of carbonyl (C=O) groups is 1. The minimum Gasteiger partial charge on any atom is -0.505 e. The van der Waals surface area contributed by atoms with Crippen LogP contribution in [0, 0.1) is 6.92 Å². The van der Waals surface area contributed by atoms with Gasteiger partial charge in [0.05, 0.1) is 10.6 Å². The Kier molecular flexibility index (Phi) is 4.31. The second-order valence-electron chi connectivity index (χ2n) is 5.85. The van der Waals surface area contributed by atoms with Crippen LogP contribution in [-0.4, -0.2) is 24.0 Å². The molecule has 3 aromatic carbocycles. The molecule has 0 bridgehead atoms. The highest BCUT2D eigenvalue weighted by Crippen LogP contribution is 2.34. The molecule has 0 aliphatic carbocycles. The minimum atomic E-state index is -4.34. The molecule has 0 aliphatic heterocycles. The molecule has 5 N–H and O–H groups in total. The van der Waals surface area contributed by atoms with Crippen LogP contribution in [0.2, 0.25) is 0 Å². The Labute approximate surface area is 149 Å². The molecule has 3 aromatic rings. The number of phenolic OH excluding ortho intramolecular Hbond substituents is 1. The van der Waals surface area contributed by atoms with Crippen molar-refractivity contribution in [2.75, 3.05) is 11.1 Å². The fourth-order valence-electron chi connectivity index (χ4n) is 2.56. The molecule has 0 unspecified atom stereocenters. The van der Waals surface area contributed by atoms with E-state index in [-0.39, 0.29) is 16.3 Å². The lowest BCUT2D eigenvalue weighted by Crippen LogP contribution is -2.12. The van der Waals surface area contributed by atoms with E-state index in [0.717, 1.165) is 5.56 Å². The van der Waals surface area contributed by atoms with Crippen molar-refractivity contribution in [3.63, 3.8) is 0 Å². The van der Waals surface area contributed by atoms with Gasteiger partial charge in [-0.1, -0.05) is 6.07 Å². The number of rotatable bonds is 3. The smallest absolute Gasteiger partial charge is 0.294 e. The lowest BCUT2D eigenvalue weighted by atomic mass is 10.1. The fourth-order valence-corrected chi connectivity index (χ4v) is 3.08. The van der Waals surface area contributed by atoms with Gasteiger partial charge in [0.25, 0.3) is 16.0 Å². The molecule has 1 amide bonds. The number of nitrogens with one attached hydrogen (secondary N) is 1. The van der Waals surface area contributed by atoms with Crippen molar-refractivity contribution < 1.29 is 22.9 Å². The van der Waals surface area contributed by atoms with Crippen LogP contribution in [0.1, 0.15) is 15.9 Å². The number of hydrogen-bond acceptors (Lipinski definition) is 5. The SMILES string of the molecule is Cc1cc(C(=O)Nc2ccc3cc(S(=O)(=O)O)ccc3c2O)ccc1N. The van der Waals surface area contributed by atoms with E-state index >= 15 is 0 Å². The van der Waals surface area contributed by atoms with E-state index in [1.807, 2.05) is 0 Å². The van der Waals surface area contributed by atoms with Gasteiger partial charge in [0.1, 0.15) is 5.75 Å². The van der Waals surface area contributed by atoms with Crippen LogP contribution in [0.4, 0.5) is 11.4 Å². The van der Waals surface area contributed by atoms with Crippen LogP contribution >= 0.6 is 0 Å². The highest BCUT2D eigenvalue weighted by molar-refractivity contribution is 7.85. The summed E-state index contributed by atoms with van der Waals surface area (Å²) < 4.78 is 31.5. The van der Waals surface area contributed by atoms with Crippen molar-refractivity contribution in [2.45, 2.75) is 11.8 Å². The van der Waals surface area contributed by atoms with Crippen molar-refractivity contribution in [3.8, 4) is 5.75 Å². The first-order valence-electron chi connectivity index (χ1n) is 7.57. The largest absolute Gasteiger partial charge is 0.505 e. The Morgan fingerprint density at radius 2 is 1.81 bits per heavy atom. The van der Waals surface area contributed by atoms with E-state index < -0.39 is 16.0 Å². The summed E-state index contributed by atoms with van der Waals surface area (Å²) >= 11 is 0. The number of amides is 1. The second-order valence-corrected chi connectivity index (χ2v) is 7.27. The van der Waals surface area contributed by atoms with Crippen LogP contribution in [0.3, 0.4) is 0 Å². The van der Waals surface area contributed by atoms with Crippen molar-refractivity contribution >= 4 is 38.2 Å². The zero-order valence-corrected chi connectivity index (χ0v) is 14.5. The number of benzene rings is 3. The summed E-state index contributed by atoms with van der Waals surface area (Å²) in [5, 5.41) is 13.7. The topological polar surface area (TPSA) is 130 Å². The monoisotopic (exact) mass is 372 g/mol. The van der Waals surface area contributed by atoms with Gasteiger partial charge in [-0.15, -0.1) is 0 Å². The normalized spacial score (nSPS) is 11.5. The molecule has 8 heteroatoms. The molecule has 0 aromatic heterocycles. The van der Waals surface area contributed by atoms with Gasteiger partial charge in [0.15, 0.2) is 0 Å². The number of fused-ring (bicyclic) bond motifs is 1. The van der Waals surface area contributed by atoms with Gasteiger partial charge in [0.2, 0.25) is 0 Å². The van der Waals surface area contributed by atoms with Gasteiger partial charge in [-0.2, -0.15) is 8.42 Å². The van der Waals surface area contributed by atoms with Gasteiger partial charge < -0.3 is 16.2 Å². The van der Waals surface area contributed by atoms with E-state index in [0.29, 0.717) is 22.0 Å². The zero-order valence-electron chi connectivity index (χ0n) is 13.7. The molecule has 0 saturated heterocycles. The fraction of sp³-hybridized carbons (Fsp3) is 0.0556. The molecule has 26 heavy (non-hydrogen) atoms. The van der Waals surface area contributed by atoms with Crippen molar-refractivity contribution in [2.24, 2.45) is 0 Å². The third-order valence-corrected chi connectivity index (χ3v) is 4.89. The summed E-state index contributed by atoms with van der Waals surface area (Å²) in [6, 6.07) is 11.6. The highest BCUT2D eigenvalue weighted by atomic mass is 32.2. The van der Waals surface area contributed by atoms with Crippen LogP contribution in [0.5, 0.6) is 5.75 Å². The van der Waals surface area contributed by atoms with E-state index in [4.69, 9.17) is 10.3 Å². The Balaban J connectivity index is 1.97. The van der Waals surface area contributed by atoms with E-state index in [1.165, 1.54) is 30.3 Å². The van der Waals surface area contributed by atoms with Crippen LogP contribution in [0.15, 0.2) is 53.4 Å². The van der Waals surface area contributed by atoms with Crippen LogP contribution in [-0.2, 0) is 10.1 Å². The second kappa shape index (κ2) is 6.32. The minimum absolute atomic E-state index is 0.177. The molecule has 0 atom stereocenters. The quantitative estimate of drug-likeness (QED) is 0.318. The predicted octanol–water partition coefficient (Wildman–Crippen LogP) is 2.94. The Bertz CT molecular complexity index is 1140. The Morgan fingerprint density at radius 3 is 2.46 bits per heavy atom. The molecular formula is C18H16N2O5S. The van der Waals surface area contributed by atoms with Gasteiger partial charge in [-0.25, -0.2) is 0 Å². The Morgan fingerprint density at radius 1 is 1.08 bits per heavy atom. The predicted molar refractivity (Wildman–Crippen MR) is 99.0 cm³/mol. The highest BCUT2D eigenvalue weighted by Gasteiger charge is 2.15. The number of anilines is 2. The van der Waals surface area contributed by atoms with E-state index in [1.54, 1.807) is 25.1 Å². The number of aryl methyl sites for hydroxylation is 1. The standard InChI is InChI=1S/C18H16N2O5S/c1-10-8-12(2-6-15(10)19)18(22)20-16-7-3-11-9-13(26(23,24)25)4-5-14(11)17(16)21/h2-9,21H,19H2,1H3,(H,20,22)(H,23,24,25). The molecule has 0 radical (unpaired) electrons. The number of nitrogens with two attached hydrogens (primary N) is 1. The van der Waals surface area contributed by atoms with Crippen molar-refractivity contribution in [1.29, 1.82) is 0 Å². The van der Waals surface area contributed by atoms with Gasteiger partial charge >= 0.3 is 0 Å². The molecule has 134 valence electrons. The van der Waals surface area contributed by atoms with E-state index in [2.05, 4.69) is 5.32 Å². The van der Waals surface area contributed by atoms with Crippen molar-refractivity contribution in [1.82, 2.24) is 0 Å². The van der Waals surface area contributed by atoms with Crippen LogP contribution in [0.25, 0.3) is 10.8 Å². The first kappa shape index (κ1) is 17.7. The van der Waals surface area contributed by atoms with Gasteiger partial charge in [-0.3, -0.25) is 9.35 Å². The maximum atomic E-state index is 12.4. The average molecular weight is 372 g/mol. The molecule has 3 rings (SSSR count). The summed E-state index contributed by atoms with van der Waals surface area (Å²) in [4.78, 5) is 12.1. The van der Waals surface area contributed by atoms with Crippen molar-refractivity contribution in [3.05, 3.63) is 59.7 Å². The summed E-state index contributed by atoms with van der Waals surface area (Å²) in [6.45, 7) is 1.78. The third kappa shape index (κ3) is 3.32. The van der Waals surface area contributed by atoms with E-state index in [9.17, 15) is 18.3 Å². The molecule has 0 aliphatic rings.